The van der Waals surface area contributed by atoms with Crippen LogP contribution < -0.4 is 15.4 Å². The van der Waals surface area contributed by atoms with Crippen LogP contribution in [0.5, 0.6) is 5.75 Å². The van der Waals surface area contributed by atoms with Gasteiger partial charge in [0.15, 0.2) is 0 Å². The molecule has 0 aliphatic heterocycles. The molecule has 0 spiro atoms. The SMILES string of the molecule is COc1ccc(NC(=O)CC(=O)Nc2ccc(C)cc2)cc1. The van der Waals surface area contributed by atoms with Gasteiger partial charge in [-0.15, -0.1) is 0 Å². The van der Waals surface area contributed by atoms with Gasteiger partial charge in [-0.3, -0.25) is 9.59 Å². The van der Waals surface area contributed by atoms with Gasteiger partial charge in [0.1, 0.15) is 12.2 Å². The van der Waals surface area contributed by atoms with E-state index in [1.807, 2.05) is 19.1 Å². The Balaban J connectivity index is 1.85. The summed E-state index contributed by atoms with van der Waals surface area (Å²) in [5.41, 5.74) is 2.40. The van der Waals surface area contributed by atoms with E-state index in [0.29, 0.717) is 17.1 Å². The van der Waals surface area contributed by atoms with Crippen LogP contribution in [0.3, 0.4) is 0 Å². The van der Waals surface area contributed by atoms with E-state index in [1.54, 1.807) is 43.5 Å². The highest BCUT2D eigenvalue weighted by Crippen LogP contribution is 2.15. The summed E-state index contributed by atoms with van der Waals surface area (Å²) in [4.78, 5) is 23.6. The lowest BCUT2D eigenvalue weighted by molar-refractivity contribution is -0.123. The van der Waals surface area contributed by atoms with E-state index in [2.05, 4.69) is 10.6 Å². The Hall–Kier alpha value is -2.82. The topological polar surface area (TPSA) is 67.4 Å². The van der Waals surface area contributed by atoms with Crippen molar-refractivity contribution >= 4 is 23.2 Å². The fraction of sp³-hybridized carbons (Fsp3) is 0.176. The van der Waals surface area contributed by atoms with Gasteiger partial charge >= 0.3 is 0 Å². The molecular weight excluding hydrogens is 280 g/mol. The number of rotatable bonds is 5. The summed E-state index contributed by atoms with van der Waals surface area (Å²) < 4.78 is 5.04. The first kappa shape index (κ1) is 15.6. The van der Waals surface area contributed by atoms with Crippen molar-refractivity contribution in [2.75, 3.05) is 17.7 Å². The second kappa shape index (κ2) is 7.26. The van der Waals surface area contributed by atoms with Crippen molar-refractivity contribution in [1.82, 2.24) is 0 Å². The van der Waals surface area contributed by atoms with Crippen molar-refractivity contribution in [2.24, 2.45) is 0 Å². The van der Waals surface area contributed by atoms with Gasteiger partial charge in [0.2, 0.25) is 11.8 Å². The molecule has 114 valence electrons. The van der Waals surface area contributed by atoms with Gasteiger partial charge in [0.05, 0.1) is 7.11 Å². The molecule has 2 aromatic rings. The molecule has 22 heavy (non-hydrogen) atoms. The first-order valence-corrected chi connectivity index (χ1v) is 6.87. The first-order valence-electron chi connectivity index (χ1n) is 6.87. The highest BCUT2D eigenvalue weighted by Gasteiger charge is 2.10. The maximum Gasteiger partial charge on any atom is 0.233 e. The van der Waals surface area contributed by atoms with Crippen molar-refractivity contribution in [3.8, 4) is 5.75 Å². The molecule has 0 heterocycles. The van der Waals surface area contributed by atoms with Gasteiger partial charge in [0.25, 0.3) is 0 Å². The second-order valence-corrected chi connectivity index (χ2v) is 4.87. The number of hydrogen-bond donors (Lipinski definition) is 2. The zero-order valence-corrected chi connectivity index (χ0v) is 12.6. The lowest BCUT2D eigenvalue weighted by Crippen LogP contribution is -2.21. The Bertz CT molecular complexity index is 649. The molecule has 5 heteroatoms. The highest BCUT2D eigenvalue weighted by molar-refractivity contribution is 6.08. The third-order valence-electron chi connectivity index (χ3n) is 3.03. The molecule has 0 aliphatic rings. The van der Waals surface area contributed by atoms with Gasteiger partial charge in [-0.05, 0) is 43.3 Å². The smallest absolute Gasteiger partial charge is 0.233 e. The van der Waals surface area contributed by atoms with Crippen LogP contribution in [0.1, 0.15) is 12.0 Å². The molecule has 0 unspecified atom stereocenters. The third-order valence-corrected chi connectivity index (χ3v) is 3.03. The van der Waals surface area contributed by atoms with Crippen molar-refractivity contribution < 1.29 is 14.3 Å². The van der Waals surface area contributed by atoms with Crippen LogP contribution in [0.4, 0.5) is 11.4 Å². The predicted octanol–water partition coefficient (Wildman–Crippen LogP) is 2.97. The number of ether oxygens (including phenoxy) is 1. The minimum absolute atomic E-state index is 0.236. The summed E-state index contributed by atoms with van der Waals surface area (Å²) in [7, 11) is 1.57. The minimum atomic E-state index is -0.366. The van der Waals surface area contributed by atoms with Crippen LogP contribution >= 0.6 is 0 Å². The normalized spacial score (nSPS) is 9.91. The maximum absolute atomic E-state index is 11.8. The lowest BCUT2D eigenvalue weighted by atomic mass is 10.2. The molecular formula is C17H18N2O3. The largest absolute Gasteiger partial charge is 0.497 e. The number of hydrogen-bond acceptors (Lipinski definition) is 3. The van der Waals surface area contributed by atoms with Gasteiger partial charge < -0.3 is 15.4 Å². The summed E-state index contributed by atoms with van der Waals surface area (Å²) >= 11 is 0. The van der Waals surface area contributed by atoms with Crippen LogP contribution in [0.15, 0.2) is 48.5 Å². The van der Waals surface area contributed by atoms with Crippen LogP contribution in [0.2, 0.25) is 0 Å². The number of anilines is 2. The monoisotopic (exact) mass is 298 g/mol. The maximum atomic E-state index is 11.8. The third kappa shape index (κ3) is 4.63. The zero-order chi connectivity index (χ0) is 15.9. The van der Waals surface area contributed by atoms with E-state index in [-0.39, 0.29) is 18.2 Å². The van der Waals surface area contributed by atoms with E-state index in [9.17, 15) is 9.59 Å². The average Bonchev–Trinajstić information content (AvgIpc) is 2.50. The fourth-order valence-corrected chi connectivity index (χ4v) is 1.87. The van der Waals surface area contributed by atoms with E-state index in [1.165, 1.54) is 0 Å². The Morgan fingerprint density at radius 3 is 1.77 bits per heavy atom. The number of carbonyl (C=O) groups excluding carboxylic acids is 2. The van der Waals surface area contributed by atoms with Crippen LogP contribution in [0, 0.1) is 6.92 Å². The number of nitrogens with one attached hydrogen (secondary N) is 2. The zero-order valence-electron chi connectivity index (χ0n) is 12.6. The highest BCUT2D eigenvalue weighted by atomic mass is 16.5. The predicted molar refractivity (Wildman–Crippen MR) is 86.0 cm³/mol. The number of methoxy groups -OCH3 is 1. The lowest BCUT2D eigenvalue weighted by Gasteiger charge is -2.07. The molecule has 0 aliphatic carbocycles. The average molecular weight is 298 g/mol. The molecule has 0 radical (unpaired) electrons. The number of aryl methyl sites for hydroxylation is 1. The summed E-state index contributed by atoms with van der Waals surface area (Å²) in [5, 5.41) is 5.35. The molecule has 5 nitrogen and oxygen atoms in total. The molecule has 2 amide bonds. The molecule has 2 aromatic carbocycles. The molecule has 0 atom stereocenters. The van der Waals surface area contributed by atoms with Crippen molar-refractivity contribution in [1.29, 1.82) is 0 Å². The van der Waals surface area contributed by atoms with Gasteiger partial charge in [-0.2, -0.15) is 0 Å². The number of carbonyl (C=O) groups is 2. The summed E-state index contributed by atoms with van der Waals surface area (Å²) in [6.07, 6.45) is -0.236. The molecule has 0 saturated heterocycles. The molecule has 0 saturated carbocycles. The Labute approximate surface area is 129 Å². The first-order chi connectivity index (χ1) is 10.6. The van der Waals surface area contributed by atoms with Crippen LogP contribution in [-0.4, -0.2) is 18.9 Å². The van der Waals surface area contributed by atoms with Gasteiger partial charge in [-0.1, -0.05) is 17.7 Å². The van der Waals surface area contributed by atoms with E-state index in [0.717, 1.165) is 5.56 Å². The molecule has 0 aromatic heterocycles. The number of benzene rings is 2. The second-order valence-electron chi connectivity index (χ2n) is 4.87. The molecule has 0 fully saturated rings. The van der Waals surface area contributed by atoms with Crippen molar-refractivity contribution in [3.05, 3.63) is 54.1 Å². The van der Waals surface area contributed by atoms with Crippen LogP contribution in [0.25, 0.3) is 0 Å². The minimum Gasteiger partial charge on any atom is -0.497 e. The number of amides is 2. The summed E-state index contributed by atoms with van der Waals surface area (Å²) in [6.45, 7) is 1.97. The molecule has 0 bridgehead atoms. The van der Waals surface area contributed by atoms with E-state index in [4.69, 9.17) is 4.74 Å². The Morgan fingerprint density at radius 2 is 1.32 bits per heavy atom. The van der Waals surface area contributed by atoms with E-state index >= 15 is 0 Å². The van der Waals surface area contributed by atoms with Crippen molar-refractivity contribution in [2.45, 2.75) is 13.3 Å². The Kier molecular flexibility index (Phi) is 5.14. The standard InChI is InChI=1S/C17H18N2O3/c1-12-3-5-13(6-4-12)18-16(20)11-17(21)19-14-7-9-15(22-2)10-8-14/h3-10H,11H2,1-2H3,(H,18,20)(H,19,21). The summed E-state index contributed by atoms with van der Waals surface area (Å²) in [6, 6.07) is 14.3. The fourth-order valence-electron chi connectivity index (χ4n) is 1.87. The Morgan fingerprint density at radius 1 is 0.864 bits per heavy atom. The molecule has 2 N–H and O–H groups in total. The quantitative estimate of drug-likeness (QED) is 0.834. The van der Waals surface area contributed by atoms with Crippen molar-refractivity contribution in [3.63, 3.8) is 0 Å². The van der Waals surface area contributed by atoms with Crippen LogP contribution in [-0.2, 0) is 9.59 Å². The van der Waals surface area contributed by atoms with E-state index < -0.39 is 0 Å². The summed E-state index contributed by atoms with van der Waals surface area (Å²) in [5.74, 6) is -0.0141. The van der Waals surface area contributed by atoms with Gasteiger partial charge in [-0.25, -0.2) is 0 Å². The van der Waals surface area contributed by atoms with Gasteiger partial charge in [0, 0.05) is 11.4 Å². The molecule has 2 rings (SSSR count).